The summed E-state index contributed by atoms with van der Waals surface area (Å²) in [5, 5.41) is 9.90. The van der Waals surface area contributed by atoms with Crippen LogP contribution in [-0.4, -0.2) is 23.3 Å². The second-order valence-electron chi connectivity index (χ2n) is 3.49. The van der Waals surface area contributed by atoms with Gasteiger partial charge >= 0.3 is 0 Å². The summed E-state index contributed by atoms with van der Waals surface area (Å²) in [7, 11) is 1.56. The Morgan fingerprint density at radius 2 is 2.19 bits per heavy atom. The van der Waals surface area contributed by atoms with E-state index in [1.54, 1.807) is 13.2 Å². The van der Waals surface area contributed by atoms with Crippen LogP contribution in [0, 0.1) is 0 Å². The zero-order valence-corrected chi connectivity index (χ0v) is 11.0. The largest absolute Gasteiger partial charge is 0.507 e. The smallest absolute Gasteiger partial charge is 0.177 e. The fraction of sp³-hybridized carbons (Fsp3) is 0.417. The Hall–Kier alpha value is -1.03. The van der Waals surface area contributed by atoms with Gasteiger partial charge < -0.3 is 9.84 Å². The number of phenols is 1. The number of methoxy groups -OCH3 is 1. The van der Waals surface area contributed by atoms with Gasteiger partial charge in [0.05, 0.1) is 18.0 Å². The van der Waals surface area contributed by atoms with Gasteiger partial charge in [0.1, 0.15) is 11.5 Å². The lowest BCUT2D eigenvalue weighted by molar-refractivity contribution is 0.102. The summed E-state index contributed by atoms with van der Waals surface area (Å²) < 4.78 is 5.16. The van der Waals surface area contributed by atoms with E-state index in [0.717, 1.165) is 18.4 Å². The number of hydrogen-bond acceptors (Lipinski definition) is 3. The van der Waals surface area contributed by atoms with Crippen molar-refractivity contribution in [2.75, 3.05) is 12.4 Å². The number of aromatic hydroxyl groups is 1. The minimum Gasteiger partial charge on any atom is -0.507 e. The number of Topliss-reactive ketones (excluding diaryl/α,β-unsaturated/α-hetero) is 1. The molecule has 0 heterocycles. The third kappa shape index (κ3) is 2.76. The van der Waals surface area contributed by atoms with E-state index in [9.17, 15) is 9.90 Å². The molecule has 0 spiro atoms. The number of benzene rings is 1. The molecule has 1 N–H and O–H groups in total. The van der Waals surface area contributed by atoms with E-state index < -0.39 is 0 Å². The minimum absolute atomic E-state index is 0.0267. The van der Waals surface area contributed by atoms with Crippen LogP contribution in [0.1, 0.15) is 29.3 Å². The summed E-state index contributed by atoms with van der Waals surface area (Å²) in [6, 6.07) is 3.21. The van der Waals surface area contributed by atoms with Gasteiger partial charge in [-0.3, -0.25) is 4.79 Å². The average molecular weight is 287 g/mol. The molecule has 4 heteroatoms. The minimum atomic E-state index is -0.127. The summed E-state index contributed by atoms with van der Waals surface area (Å²) in [5.74, 6) is 0.476. The highest BCUT2D eigenvalue weighted by Crippen LogP contribution is 2.29. The first-order valence-corrected chi connectivity index (χ1v) is 6.25. The molecule has 0 radical (unpaired) electrons. The second kappa shape index (κ2) is 5.89. The SMILES string of the molecule is CCCc1cc(C(=O)CBr)c(O)cc1OC. The van der Waals surface area contributed by atoms with E-state index in [0.29, 0.717) is 11.3 Å². The number of ketones is 1. The van der Waals surface area contributed by atoms with E-state index >= 15 is 0 Å². The normalized spacial score (nSPS) is 10.2. The molecule has 0 aromatic heterocycles. The fourth-order valence-corrected chi connectivity index (χ4v) is 1.87. The van der Waals surface area contributed by atoms with E-state index in [2.05, 4.69) is 22.9 Å². The third-order valence-electron chi connectivity index (χ3n) is 2.34. The van der Waals surface area contributed by atoms with Crippen molar-refractivity contribution < 1.29 is 14.6 Å². The molecule has 88 valence electrons. The summed E-state index contributed by atoms with van der Waals surface area (Å²) >= 11 is 3.09. The van der Waals surface area contributed by atoms with Crippen molar-refractivity contribution in [1.29, 1.82) is 0 Å². The van der Waals surface area contributed by atoms with E-state index in [1.165, 1.54) is 6.07 Å². The highest BCUT2D eigenvalue weighted by atomic mass is 79.9. The van der Waals surface area contributed by atoms with Crippen molar-refractivity contribution in [3.05, 3.63) is 23.3 Å². The number of halogens is 1. The van der Waals surface area contributed by atoms with Gasteiger partial charge in [-0.05, 0) is 18.1 Å². The number of alkyl halides is 1. The van der Waals surface area contributed by atoms with Gasteiger partial charge in [-0.15, -0.1) is 0 Å². The third-order valence-corrected chi connectivity index (χ3v) is 2.85. The van der Waals surface area contributed by atoms with E-state index in [4.69, 9.17) is 4.74 Å². The fourth-order valence-electron chi connectivity index (χ4n) is 1.56. The van der Waals surface area contributed by atoms with Gasteiger partial charge in [-0.1, -0.05) is 29.3 Å². The number of hydrogen-bond donors (Lipinski definition) is 1. The van der Waals surface area contributed by atoms with Gasteiger partial charge in [0.2, 0.25) is 0 Å². The summed E-state index contributed by atoms with van der Waals surface area (Å²) in [6.45, 7) is 2.05. The van der Waals surface area contributed by atoms with Crippen LogP contribution in [0.2, 0.25) is 0 Å². The van der Waals surface area contributed by atoms with Crippen LogP contribution in [0.5, 0.6) is 11.5 Å². The average Bonchev–Trinajstić information content (AvgIpc) is 2.30. The lowest BCUT2D eigenvalue weighted by Crippen LogP contribution is -2.03. The summed E-state index contributed by atoms with van der Waals surface area (Å²) in [4.78, 5) is 11.5. The Kier molecular flexibility index (Phi) is 4.80. The molecular weight excluding hydrogens is 272 g/mol. The number of carbonyl (C=O) groups excluding carboxylic acids is 1. The zero-order valence-electron chi connectivity index (χ0n) is 9.42. The van der Waals surface area contributed by atoms with Gasteiger partial charge in [0.25, 0.3) is 0 Å². The molecule has 16 heavy (non-hydrogen) atoms. The summed E-state index contributed by atoms with van der Waals surface area (Å²) in [6.07, 6.45) is 1.79. The van der Waals surface area contributed by atoms with E-state index in [-0.39, 0.29) is 16.9 Å². The molecular formula is C12H15BrO3. The molecule has 0 unspecified atom stereocenters. The van der Waals surface area contributed by atoms with Crippen LogP contribution in [-0.2, 0) is 6.42 Å². The molecule has 1 aromatic carbocycles. The Morgan fingerprint density at radius 1 is 1.50 bits per heavy atom. The van der Waals surface area contributed by atoms with E-state index in [1.807, 2.05) is 0 Å². The van der Waals surface area contributed by atoms with Crippen molar-refractivity contribution in [3.63, 3.8) is 0 Å². The Bertz CT molecular complexity index is 388. The van der Waals surface area contributed by atoms with Crippen molar-refractivity contribution in [3.8, 4) is 11.5 Å². The molecule has 0 saturated carbocycles. The lowest BCUT2D eigenvalue weighted by Gasteiger charge is -2.11. The zero-order chi connectivity index (χ0) is 12.1. The molecule has 0 fully saturated rings. The topological polar surface area (TPSA) is 46.5 Å². The van der Waals surface area contributed by atoms with Crippen LogP contribution in [0.4, 0.5) is 0 Å². The predicted molar refractivity (Wildman–Crippen MR) is 66.8 cm³/mol. The highest BCUT2D eigenvalue weighted by molar-refractivity contribution is 9.09. The first-order chi connectivity index (χ1) is 7.63. The maximum absolute atomic E-state index is 11.5. The van der Waals surface area contributed by atoms with Gasteiger partial charge in [0, 0.05) is 6.07 Å². The number of carbonyl (C=O) groups is 1. The highest BCUT2D eigenvalue weighted by Gasteiger charge is 2.14. The summed E-state index contributed by atoms with van der Waals surface area (Å²) in [5.41, 5.74) is 1.30. The molecule has 1 aromatic rings. The monoisotopic (exact) mass is 286 g/mol. The Balaban J connectivity index is 3.21. The lowest BCUT2D eigenvalue weighted by atomic mass is 10.0. The quantitative estimate of drug-likeness (QED) is 0.669. The molecule has 0 saturated heterocycles. The maximum Gasteiger partial charge on any atom is 0.177 e. The number of ether oxygens (including phenoxy) is 1. The number of phenolic OH excluding ortho intramolecular Hbond substituents is 1. The molecule has 0 amide bonds. The molecule has 3 nitrogen and oxygen atoms in total. The van der Waals surface area contributed by atoms with Crippen LogP contribution in [0.3, 0.4) is 0 Å². The first-order valence-electron chi connectivity index (χ1n) is 5.13. The number of aryl methyl sites for hydroxylation is 1. The van der Waals surface area contributed by atoms with Gasteiger partial charge in [-0.2, -0.15) is 0 Å². The Labute approximate surface area is 104 Å². The van der Waals surface area contributed by atoms with Crippen LogP contribution in [0.15, 0.2) is 12.1 Å². The van der Waals surface area contributed by atoms with Crippen LogP contribution in [0.25, 0.3) is 0 Å². The molecule has 0 bridgehead atoms. The molecule has 0 aliphatic carbocycles. The first kappa shape index (κ1) is 13.0. The molecule has 0 aliphatic rings. The van der Waals surface area contributed by atoms with Crippen molar-refractivity contribution in [1.82, 2.24) is 0 Å². The predicted octanol–water partition coefficient (Wildman–Crippen LogP) is 2.93. The maximum atomic E-state index is 11.5. The Morgan fingerprint density at radius 3 is 2.69 bits per heavy atom. The second-order valence-corrected chi connectivity index (χ2v) is 4.05. The van der Waals surface area contributed by atoms with Crippen LogP contribution < -0.4 is 4.74 Å². The van der Waals surface area contributed by atoms with Crippen molar-refractivity contribution >= 4 is 21.7 Å². The number of rotatable bonds is 5. The van der Waals surface area contributed by atoms with Crippen LogP contribution >= 0.6 is 15.9 Å². The van der Waals surface area contributed by atoms with Crippen molar-refractivity contribution in [2.45, 2.75) is 19.8 Å². The van der Waals surface area contributed by atoms with Gasteiger partial charge in [0.15, 0.2) is 5.78 Å². The van der Waals surface area contributed by atoms with Gasteiger partial charge in [-0.25, -0.2) is 0 Å². The molecule has 0 aliphatic heterocycles. The molecule has 0 atom stereocenters. The molecule has 1 rings (SSSR count). The standard InChI is InChI=1S/C12H15BrO3/c1-3-4-8-5-9(11(15)7-13)10(14)6-12(8)16-2/h5-6,14H,3-4,7H2,1-2H3. The van der Waals surface area contributed by atoms with Crippen molar-refractivity contribution in [2.24, 2.45) is 0 Å².